The maximum atomic E-state index is 11.9. The van der Waals surface area contributed by atoms with Gasteiger partial charge in [-0.3, -0.25) is 4.79 Å². The molecule has 1 amide bonds. The van der Waals surface area contributed by atoms with Crippen LogP contribution in [0.15, 0.2) is 59.5 Å². The molecule has 0 aliphatic rings. The predicted molar refractivity (Wildman–Crippen MR) is 91.3 cm³/mol. The van der Waals surface area contributed by atoms with E-state index in [1.54, 1.807) is 12.1 Å². The van der Waals surface area contributed by atoms with Crippen LogP contribution in [-0.2, 0) is 21.2 Å². The molecule has 0 fully saturated rings. The summed E-state index contributed by atoms with van der Waals surface area (Å²) in [6.45, 7) is 2.08. The number of nitrogens with two attached hydrogens (primary N) is 1. The third-order valence-electron chi connectivity index (χ3n) is 3.25. The predicted octanol–water partition coefficient (Wildman–Crippen LogP) is 2.55. The molecule has 3 N–H and O–H groups in total. The van der Waals surface area contributed by atoms with E-state index in [1.165, 1.54) is 29.8 Å². The van der Waals surface area contributed by atoms with Crippen LogP contribution in [0.5, 0.6) is 0 Å². The molecule has 0 spiro atoms. The number of primary sulfonamides is 1. The summed E-state index contributed by atoms with van der Waals surface area (Å²) in [4.78, 5) is 11.8. The Bertz CT molecular complexity index is 825. The summed E-state index contributed by atoms with van der Waals surface area (Å²) in [5.41, 5.74) is 2.51. The number of carbonyl (C=O) groups excluding carboxylic acids is 1. The number of aryl methyl sites for hydroxylation is 1. The van der Waals surface area contributed by atoms with E-state index in [2.05, 4.69) is 12.2 Å². The van der Waals surface area contributed by atoms with Crippen LogP contribution in [0.1, 0.15) is 18.1 Å². The summed E-state index contributed by atoms with van der Waals surface area (Å²) in [6.07, 6.45) is 4.05. The van der Waals surface area contributed by atoms with E-state index < -0.39 is 10.0 Å². The van der Waals surface area contributed by atoms with Crippen molar-refractivity contribution in [3.05, 3.63) is 65.7 Å². The molecule has 2 aromatic carbocycles. The van der Waals surface area contributed by atoms with Crippen molar-refractivity contribution in [3.8, 4) is 0 Å². The minimum absolute atomic E-state index is 0.0468. The van der Waals surface area contributed by atoms with Crippen LogP contribution < -0.4 is 10.5 Å². The van der Waals surface area contributed by atoms with Crippen molar-refractivity contribution >= 4 is 27.7 Å². The second-order valence-electron chi connectivity index (χ2n) is 4.99. The number of hydrogen-bond acceptors (Lipinski definition) is 3. The molecule has 0 atom stereocenters. The molecule has 0 bridgehead atoms. The summed E-state index contributed by atoms with van der Waals surface area (Å²) in [5.74, 6) is -0.351. The fourth-order valence-electron chi connectivity index (χ4n) is 1.97. The molecule has 23 heavy (non-hydrogen) atoms. The van der Waals surface area contributed by atoms with Gasteiger partial charge < -0.3 is 5.32 Å². The van der Waals surface area contributed by atoms with E-state index in [0.717, 1.165) is 12.0 Å². The van der Waals surface area contributed by atoms with Crippen molar-refractivity contribution in [3.63, 3.8) is 0 Å². The van der Waals surface area contributed by atoms with Crippen LogP contribution in [0.2, 0.25) is 0 Å². The normalized spacial score (nSPS) is 11.6. The van der Waals surface area contributed by atoms with E-state index in [0.29, 0.717) is 5.69 Å². The Morgan fingerprint density at radius 2 is 1.87 bits per heavy atom. The molecule has 0 heterocycles. The molecule has 2 rings (SSSR count). The van der Waals surface area contributed by atoms with Gasteiger partial charge in [-0.15, -0.1) is 0 Å². The summed E-state index contributed by atoms with van der Waals surface area (Å²) in [7, 11) is -3.79. The molecule has 2 aromatic rings. The van der Waals surface area contributed by atoms with E-state index in [-0.39, 0.29) is 10.8 Å². The molecule has 5 nitrogen and oxygen atoms in total. The fraction of sp³-hybridized carbons (Fsp3) is 0.118. The van der Waals surface area contributed by atoms with Crippen molar-refractivity contribution in [1.29, 1.82) is 0 Å². The number of anilines is 1. The highest BCUT2D eigenvalue weighted by Gasteiger charge is 2.08. The van der Waals surface area contributed by atoms with Crippen molar-refractivity contribution in [2.75, 3.05) is 5.32 Å². The van der Waals surface area contributed by atoms with Crippen LogP contribution in [-0.4, -0.2) is 14.3 Å². The Morgan fingerprint density at radius 1 is 1.17 bits per heavy atom. The first-order valence-electron chi connectivity index (χ1n) is 7.09. The standard InChI is InChI=1S/C17H18N2O3S/c1-2-13-6-8-14(9-7-13)10-11-17(20)19-15-4-3-5-16(12-15)23(18,21)22/h3-12H,2H2,1H3,(H,19,20)(H2,18,21,22)/b11-10+. The summed E-state index contributed by atoms with van der Waals surface area (Å²) in [6, 6.07) is 13.7. The van der Waals surface area contributed by atoms with E-state index in [1.807, 2.05) is 24.3 Å². The molecule has 0 aromatic heterocycles. The van der Waals surface area contributed by atoms with Crippen molar-refractivity contribution in [2.45, 2.75) is 18.2 Å². The van der Waals surface area contributed by atoms with Crippen LogP contribution in [0.3, 0.4) is 0 Å². The van der Waals surface area contributed by atoms with Gasteiger partial charge in [0.1, 0.15) is 0 Å². The number of amides is 1. The van der Waals surface area contributed by atoms with E-state index in [9.17, 15) is 13.2 Å². The van der Waals surface area contributed by atoms with Gasteiger partial charge in [-0.1, -0.05) is 37.3 Å². The number of carbonyl (C=O) groups is 1. The van der Waals surface area contributed by atoms with Crippen molar-refractivity contribution in [1.82, 2.24) is 0 Å². The Hall–Kier alpha value is -2.44. The highest BCUT2D eigenvalue weighted by atomic mass is 32.2. The average molecular weight is 330 g/mol. The smallest absolute Gasteiger partial charge is 0.248 e. The summed E-state index contributed by atoms with van der Waals surface area (Å²) >= 11 is 0. The lowest BCUT2D eigenvalue weighted by atomic mass is 10.1. The van der Waals surface area contributed by atoms with Gasteiger partial charge in [0.05, 0.1) is 4.90 Å². The third kappa shape index (κ3) is 5.05. The number of sulfonamides is 1. The monoisotopic (exact) mass is 330 g/mol. The van der Waals surface area contributed by atoms with Gasteiger partial charge >= 0.3 is 0 Å². The Balaban J connectivity index is 2.05. The van der Waals surface area contributed by atoms with Gasteiger partial charge in [0.2, 0.25) is 15.9 Å². The molecular weight excluding hydrogens is 312 g/mol. The Morgan fingerprint density at radius 3 is 2.48 bits per heavy atom. The largest absolute Gasteiger partial charge is 0.322 e. The molecule has 6 heteroatoms. The number of hydrogen-bond donors (Lipinski definition) is 2. The molecule has 0 unspecified atom stereocenters. The van der Waals surface area contributed by atoms with Crippen molar-refractivity contribution in [2.24, 2.45) is 5.14 Å². The summed E-state index contributed by atoms with van der Waals surface area (Å²) < 4.78 is 22.6. The second kappa shape index (κ2) is 7.21. The molecule has 120 valence electrons. The molecule has 0 saturated heterocycles. The van der Waals surface area contributed by atoms with Gasteiger partial charge in [-0.05, 0) is 41.8 Å². The van der Waals surface area contributed by atoms with Crippen molar-refractivity contribution < 1.29 is 13.2 Å². The zero-order valence-electron chi connectivity index (χ0n) is 12.7. The first kappa shape index (κ1) is 16.9. The quantitative estimate of drug-likeness (QED) is 0.826. The Kier molecular flexibility index (Phi) is 5.31. The van der Waals surface area contributed by atoms with Crippen LogP contribution in [0.4, 0.5) is 5.69 Å². The van der Waals surface area contributed by atoms with Gasteiger partial charge in [-0.2, -0.15) is 0 Å². The van der Waals surface area contributed by atoms with Gasteiger partial charge in [0.25, 0.3) is 0 Å². The van der Waals surface area contributed by atoms with E-state index in [4.69, 9.17) is 5.14 Å². The SMILES string of the molecule is CCc1ccc(/C=C/C(=O)Nc2cccc(S(N)(=O)=O)c2)cc1. The lowest BCUT2D eigenvalue weighted by Gasteiger charge is -2.04. The molecule has 0 saturated carbocycles. The van der Waals surface area contributed by atoms with E-state index >= 15 is 0 Å². The fourth-order valence-corrected chi connectivity index (χ4v) is 2.53. The minimum atomic E-state index is -3.79. The third-order valence-corrected chi connectivity index (χ3v) is 4.16. The number of benzene rings is 2. The van der Waals surface area contributed by atoms with Crippen LogP contribution >= 0.6 is 0 Å². The summed E-state index contributed by atoms with van der Waals surface area (Å²) in [5, 5.41) is 7.66. The lowest BCUT2D eigenvalue weighted by Crippen LogP contribution is -2.13. The first-order chi connectivity index (χ1) is 10.9. The first-order valence-corrected chi connectivity index (χ1v) is 8.64. The van der Waals surface area contributed by atoms with Gasteiger partial charge in [0.15, 0.2) is 0 Å². The maximum absolute atomic E-state index is 11.9. The molecule has 0 aliphatic heterocycles. The highest BCUT2D eigenvalue weighted by Crippen LogP contribution is 2.14. The molecule has 0 radical (unpaired) electrons. The zero-order valence-corrected chi connectivity index (χ0v) is 13.5. The average Bonchev–Trinajstić information content (AvgIpc) is 2.53. The van der Waals surface area contributed by atoms with Crippen LogP contribution in [0.25, 0.3) is 6.08 Å². The lowest BCUT2D eigenvalue weighted by molar-refractivity contribution is -0.111. The topological polar surface area (TPSA) is 89.3 Å². The highest BCUT2D eigenvalue weighted by molar-refractivity contribution is 7.89. The second-order valence-corrected chi connectivity index (χ2v) is 6.55. The number of nitrogens with one attached hydrogen (secondary N) is 1. The van der Waals surface area contributed by atoms with Gasteiger partial charge in [-0.25, -0.2) is 13.6 Å². The number of rotatable bonds is 5. The van der Waals surface area contributed by atoms with Crippen LogP contribution in [0, 0.1) is 0 Å². The minimum Gasteiger partial charge on any atom is -0.322 e. The maximum Gasteiger partial charge on any atom is 0.248 e. The molecule has 0 aliphatic carbocycles. The molecular formula is C17H18N2O3S. The zero-order chi connectivity index (χ0) is 16.9. The Labute approximate surface area is 135 Å². The van der Waals surface area contributed by atoms with Gasteiger partial charge in [0, 0.05) is 11.8 Å².